The molecule has 3 aromatic rings. The van der Waals surface area contributed by atoms with Crippen LogP contribution in [0.25, 0.3) is 5.65 Å². The number of aryl methyl sites for hydroxylation is 1. The zero-order chi connectivity index (χ0) is 15.7. The van der Waals surface area contributed by atoms with Crippen LogP contribution in [0.2, 0.25) is 5.02 Å². The minimum atomic E-state index is -0.427. The van der Waals surface area contributed by atoms with E-state index in [1.54, 1.807) is 30.3 Å². The Balaban J connectivity index is 2.04. The molecule has 0 unspecified atom stereocenters. The monoisotopic (exact) mass is 317 g/mol. The second kappa shape index (κ2) is 5.77. The van der Waals surface area contributed by atoms with E-state index in [1.165, 1.54) is 16.7 Å². The molecule has 0 fully saturated rings. The first-order valence-electron chi connectivity index (χ1n) is 6.82. The van der Waals surface area contributed by atoms with Gasteiger partial charge in [0.15, 0.2) is 0 Å². The molecule has 0 aliphatic carbocycles. The van der Waals surface area contributed by atoms with Gasteiger partial charge in [-0.2, -0.15) is 0 Å². The van der Waals surface area contributed by atoms with Crippen LogP contribution in [0.4, 0.5) is 10.1 Å². The van der Waals surface area contributed by atoms with E-state index in [9.17, 15) is 9.18 Å². The zero-order valence-corrected chi connectivity index (χ0v) is 12.6. The Kier molecular flexibility index (Phi) is 3.81. The SMILES string of the molecule is CCc1nc2ccc(F)cn2c1C(=O)Nc1cccc(Cl)c1. The topological polar surface area (TPSA) is 46.4 Å². The highest BCUT2D eigenvalue weighted by atomic mass is 35.5. The van der Waals surface area contributed by atoms with E-state index in [2.05, 4.69) is 10.3 Å². The Morgan fingerprint density at radius 1 is 1.36 bits per heavy atom. The lowest BCUT2D eigenvalue weighted by Crippen LogP contribution is -2.16. The number of rotatable bonds is 3. The molecule has 22 heavy (non-hydrogen) atoms. The number of fused-ring (bicyclic) bond motifs is 1. The number of nitrogens with zero attached hydrogens (tertiary/aromatic N) is 2. The lowest BCUT2D eigenvalue weighted by Gasteiger charge is -2.07. The Morgan fingerprint density at radius 3 is 2.91 bits per heavy atom. The summed E-state index contributed by atoms with van der Waals surface area (Å²) >= 11 is 5.91. The van der Waals surface area contributed by atoms with Crippen LogP contribution in [0.1, 0.15) is 23.1 Å². The maximum absolute atomic E-state index is 13.5. The van der Waals surface area contributed by atoms with Crippen LogP contribution in [0.15, 0.2) is 42.6 Å². The third-order valence-corrected chi connectivity index (χ3v) is 3.52. The van der Waals surface area contributed by atoms with Crippen molar-refractivity contribution in [3.8, 4) is 0 Å². The van der Waals surface area contributed by atoms with Crippen molar-refractivity contribution in [1.29, 1.82) is 0 Å². The molecule has 0 saturated carbocycles. The van der Waals surface area contributed by atoms with E-state index in [1.807, 2.05) is 6.92 Å². The first-order chi connectivity index (χ1) is 10.6. The van der Waals surface area contributed by atoms with Crippen LogP contribution in [0.3, 0.4) is 0 Å². The number of aromatic nitrogens is 2. The summed E-state index contributed by atoms with van der Waals surface area (Å²) in [6, 6.07) is 9.71. The minimum absolute atomic E-state index is 0.331. The van der Waals surface area contributed by atoms with Crippen molar-refractivity contribution in [2.75, 3.05) is 5.32 Å². The molecule has 1 amide bonds. The average Bonchev–Trinajstić information content (AvgIpc) is 2.85. The van der Waals surface area contributed by atoms with Crippen LogP contribution in [0, 0.1) is 5.82 Å². The molecule has 2 aromatic heterocycles. The molecule has 1 aromatic carbocycles. The van der Waals surface area contributed by atoms with Crippen molar-refractivity contribution in [3.63, 3.8) is 0 Å². The first-order valence-corrected chi connectivity index (χ1v) is 7.19. The Morgan fingerprint density at radius 2 is 2.18 bits per heavy atom. The van der Waals surface area contributed by atoms with Gasteiger partial charge in [0, 0.05) is 16.9 Å². The number of hydrogen-bond donors (Lipinski definition) is 1. The van der Waals surface area contributed by atoms with Crippen LogP contribution < -0.4 is 5.32 Å². The van der Waals surface area contributed by atoms with Gasteiger partial charge in [-0.1, -0.05) is 24.6 Å². The quantitative estimate of drug-likeness (QED) is 0.795. The standard InChI is InChI=1S/C16H13ClFN3O/c1-2-13-15(21-9-11(18)6-7-14(21)20-13)16(22)19-12-5-3-4-10(17)8-12/h3-9H,2H2,1H3,(H,19,22). The van der Waals surface area contributed by atoms with Crippen molar-refractivity contribution in [3.05, 3.63) is 64.8 Å². The van der Waals surface area contributed by atoms with Crippen LogP contribution in [0.5, 0.6) is 0 Å². The van der Waals surface area contributed by atoms with Gasteiger partial charge in [-0.15, -0.1) is 0 Å². The number of carbonyl (C=O) groups is 1. The molecule has 1 N–H and O–H groups in total. The molecule has 3 rings (SSSR count). The molecule has 6 heteroatoms. The number of carbonyl (C=O) groups excluding carboxylic acids is 1. The third kappa shape index (κ3) is 2.67. The van der Waals surface area contributed by atoms with Gasteiger partial charge in [-0.05, 0) is 36.8 Å². The molecule has 0 saturated heterocycles. The largest absolute Gasteiger partial charge is 0.321 e. The maximum atomic E-state index is 13.5. The highest BCUT2D eigenvalue weighted by Crippen LogP contribution is 2.19. The maximum Gasteiger partial charge on any atom is 0.274 e. The lowest BCUT2D eigenvalue weighted by atomic mass is 10.2. The second-order valence-electron chi connectivity index (χ2n) is 4.80. The Hall–Kier alpha value is -2.40. The molecule has 0 aliphatic rings. The van der Waals surface area contributed by atoms with Crippen LogP contribution in [-0.2, 0) is 6.42 Å². The molecule has 2 heterocycles. The van der Waals surface area contributed by atoms with E-state index in [0.717, 1.165) is 0 Å². The van der Waals surface area contributed by atoms with Gasteiger partial charge in [-0.25, -0.2) is 9.37 Å². The summed E-state index contributed by atoms with van der Waals surface area (Å²) in [5, 5.41) is 3.29. The van der Waals surface area contributed by atoms with Gasteiger partial charge in [0.1, 0.15) is 17.2 Å². The van der Waals surface area contributed by atoms with Crippen molar-refractivity contribution in [2.24, 2.45) is 0 Å². The smallest absolute Gasteiger partial charge is 0.274 e. The number of amides is 1. The predicted octanol–water partition coefficient (Wildman–Crippen LogP) is 3.94. The van der Waals surface area contributed by atoms with Crippen LogP contribution >= 0.6 is 11.6 Å². The van der Waals surface area contributed by atoms with E-state index < -0.39 is 5.82 Å². The van der Waals surface area contributed by atoms with Gasteiger partial charge < -0.3 is 5.32 Å². The summed E-state index contributed by atoms with van der Waals surface area (Å²) in [5.41, 5.74) is 2.06. The summed E-state index contributed by atoms with van der Waals surface area (Å²) in [5.74, 6) is -0.776. The normalized spacial score (nSPS) is 10.9. The fraction of sp³-hybridized carbons (Fsp3) is 0.125. The number of hydrogen-bond acceptors (Lipinski definition) is 2. The van der Waals surface area contributed by atoms with Crippen molar-refractivity contribution >= 4 is 28.8 Å². The van der Waals surface area contributed by atoms with E-state index in [-0.39, 0.29) is 5.91 Å². The molecule has 0 bridgehead atoms. The van der Waals surface area contributed by atoms with Crippen molar-refractivity contribution < 1.29 is 9.18 Å². The molecule has 0 spiro atoms. The summed E-state index contributed by atoms with van der Waals surface area (Å²) in [6.45, 7) is 1.90. The number of nitrogens with one attached hydrogen (secondary N) is 1. The van der Waals surface area contributed by atoms with Gasteiger partial charge in [0.2, 0.25) is 0 Å². The zero-order valence-electron chi connectivity index (χ0n) is 11.8. The van der Waals surface area contributed by atoms with Crippen molar-refractivity contribution in [2.45, 2.75) is 13.3 Å². The molecular formula is C16H13ClFN3O. The number of halogens is 2. The molecule has 0 atom stereocenters. The Labute approximate surface area is 131 Å². The second-order valence-corrected chi connectivity index (χ2v) is 5.24. The van der Waals surface area contributed by atoms with E-state index in [0.29, 0.717) is 34.2 Å². The Bertz CT molecular complexity index is 860. The van der Waals surface area contributed by atoms with Crippen LogP contribution in [-0.4, -0.2) is 15.3 Å². The van der Waals surface area contributed by atoms with Gasteiger partial charge in [-0.3, -0.25) is 9.20 Å². The summed E-state index contributed by atoms with van der Waals surface area (Å²) in [6.07, 6.45) is 1.83. The summed E-state index contributed by atoms with van der Waals surface area (Å²) in [7, 11) is 0. The highest BCUT2D eigenvalue weighted by molar-refractivity contribution is 6.30. The number of anilines is 1. The molecular weight excluding hydrogens is 305 g/mol. The average molecular weight is 318 g/mol. The number of imidazole rings is 1. The highest BCUT2D eigenvalue weighted by Gasteiger charge is 2.18. The summed E-state index contributed by atoms with van der Waals surface area (Å²) < 4.78 is 14.9. The molecule has 0 aliphatic heterocycles. The summed E-state index contributed by atoms with van der Waals surface area (Å²) in [4.78, 5) is 16.9. The minimum Gasteiger partial charge on any atom is -0.321 e. The van der Waals surface area contributed by atoms with Gasteiger partial charge >= 0.3 is 0 Å². The first kappa shape index (κ1) is 14.5. The van der Waals surface area contributed by atoms with E-state index >= 15 is 0 Å². The molecule has 4 nitrogen and oxygen atoms in total. The lowest BCUT2D eigenvalue weighted by molar-refractivity contribution is 0.102. The fourth-order valence-corrected chi connectivity index (χ4v) is 2.50. The third-order valence-electron chi connectivity index (χ3n) is 3.29. The fourth-order valence-electron chi connectivity index (χ4n) is 2.31. The van der Waals surface area contributed by atoms with Gasteiger partial charge in [0.25, 0.3) is 5.91 Å². The predicted molar refractivity (Wildman–Crippen MR) is 83.9 cm³/mol. The van der Waals surface area contributed by atoms with Gasteiger partial charge in [0.05, 0.1) is 5.69 Å². The van der Waals surface area contributed by atoms with E-state index in [4.69, 9.17) is 11.6 Å². The van der Waals surface area contributed by atoms with Crippen molar-refractivity contribution in [1.82, 2.24) is 9.38 Å². The number of benzene rings is 1. The molecule has 112 valence electrons. The molecule has 0 radical (unpaired) electrons. The number of pyridine rings is 1.